The van der Waals surface area contributed by atoms with Gasteiger partial charge in [0, 0.05) is 18.2 Å². The van der Waals surface area contributed by atoms with Gasteiger partial charge in [0.25, 0.3) is 0 Å². The molecule has 17 heavy (non-hydrogen) atoms. The summed E-state index contributed by atoms with van der Waals surface area (Å²) in [5, 5.41) is 3.53. The summed E-state index contributed by atoms with van der Waals surface area (Å²) in [4.78, 5) is 4.51. The largest absolute Gasteiger partial charge is 0.314 e. The van der Waals surface area contributed by atoms with E-state index in [9.17, 15) is 0 Å². The molecule has 0 radical (unpaired) electrons. The molecular weight excluding hydrogens is 208 g/mol. The lowest BCUT2D eigenvalue weighted by Gasteiger charge is -2.04. The van der Waals surface area contributed by atoms with Gasteiger partial charge in [-0.15, -0.1) is 0 Å². The Labute approximate surface area is 103 Å². The molecule has 1 N–H and O–H groups in total. The summed E-state index contributed by atoms with van der Waals surface area (Å²) in [6.45, 7) is 1.13. The summed E-state index contributed by atoms with van der Waals surface area (Å²) in [6.07, 6.45) is 12.9. The van der Waals surface area contributed by atoms with Crippen molar-refractivity contribution in [3.8, 4) is 0 Å². The van der Waals surface area contributed by atoms with Crippen molar-refractivity contribution in [2.75, 3.05) is 6.54 Å². The molecule has 3 rings (SSSR count). The Kier molecular flexibility index (Phi) is 3.23. The fraction of sp³-hybridized carbons (Fsp3) is 0.533. The first kappa shape index (κ1) is 11.0. The third kappa shape index (κ3) is 2.75. The van der Waals surface area contributed by atoms with Crippen molar-refractivity contribution in [3.63, 3.8) is 0 Å². The number of rotatable bonds is 5. The summed E-state index contributed by atoms with van der Waals surface area (Å²) < 4.78 is 0. The van der Waals surface area contributed by atoms with Gasteiger partial charge in [-0.25, -0.2) is 0 Å². The number of nitrogens with zero attached hydrogens (tertiary/aromatic N) is 1. The van der Waals surface area contributed by atoms with Gasteiger partial charge in [-0.05, 0) is 50.3 Å². The van der Waals surface area contributed by atoms with E-state index < -0.39 is 0 Å². The molecule has 0 aliphatic heterocycles. The number of hydrogen-bond donors (Lipinski definition) is 1. The van der Waals surface area contributed by atoms with E-state index in [4.69, 9.17) is 0 Å². The van der Waals surface area contributed by atoms with Gasteiger partial charge < -0.3 is 5.32 Å². The van der Waals surface area contributed by atoms with E-state index in [1.54, 1.807) is 0 Å². The number of hydrogen-bond acceptors (Lipinski definition) is 2. The molecule has 0 spiro atoms. The number of aryl methyl sites for hydroxylation is 1. The molecule has 2 nitrogen and oxygen atoms in total. The molecule has 90 valence electrons. The number of fused-ring (bicyclic) bond motifs is 1. The number of pyridine rings is 1. The van der Waals surface area contributed by atoms with Crippen molar-refractivity contribution in [2.45, 2.75) is 44.1 Å². The first-order valence-corrected chi connectivity index (χ1v) is 6.77. The van der Waals surface area contributed by atoms with Crippen molar-refractivity contribution in [1.82, 2.24) is 10.3 Å². The molecular formula is C15H20N2. The van der Waals surface area contributed by atoms with Crippen LogP contribution in [0.2, 0.25) is 0 Å². The molecule has 0 aromatic carbocycles. The van der Waals surface area contributed by atoms with Crippen molar-refractivity contribution in [2.24, 2.45) is 0 Å². The Morgan fingerprint density at radius 2 is 2.29 bits per heavy atom. The minimum atomic E-state index is 0.562. The first-order valence-electron chi connectivity index (χ1n) is 6.77. The van der Waals surface area contributed by atoms with Gasteiger partial charge in [0.15, 0.2) is 0 Å². The average molecular weight is 228 g/mol. The Morgan fingerprint density at radius 1 is 1.35 bits per heavy atom. The maximum atomic E-state index is 4.51. The van der Waals surface area contributed by atoms with Gasteiger partial charge in [-0.1, -0.05) is 18.2 Å². The topological polar surface area (TPSA) is 24.9 Å². The van der Waals surface area contributed by atoms with Crippen LogP contribution in [0.25, 0.3) is 0 Å². The zero-order chi connectivity index (χ0) is 11.5. The van der Waals surface area contributed by atoms with E-state index in [1.165, 1.54) is 36.9 Å². The minimum Gasteiger partial charge on any atom is -0.314 e. The molecule has 1 aromatic heterocycles. The van der Waals surface area contributed by atoms with Gasteiger partial charge in [-0.3, -0.25) is 4.98 Å². The predicted molar refractivity (Wildman–Crippen MR) is 70.1 cm³/mol. The Balaban J connectivity index is 1.50. The molecule has 1 heterocycles. The monoisotopic (exact) mass is 228 g/mol. The highest BCUT2D eigenvalue weighted by Crippen LogP contribution is 2.31. The highest BCUT2D eigenvalue weighted by Gasteiger charge is 2.21. The van der Waals surface area contributed by atoms with Gasteiger partial charge in [0.1, 0.15) is 0 Å². The smallest absolute Gasteiger partial charge is 0.0504 e. The molecule has 1 saturated carbocycles. The second kappa shape index (κ2) is 5.01. The third-order valence-electron chi connectivity index (χ3n) is 3.69. The molecule has 1 fully saturated rings. The van der Waals surface area contributed by atoms with E-state index in [2.05, 4.69) is 28.5 Å². The Bertz CT molecular complexity index is 407. The van der Waals surface area contributed by atoms with E-state index in [0.717, 1.165) is 19.0 Å². The Morgan fingerprint density at radius 3 is 3.18 bits per heavy atom. The summed E-state index contributed by atoms with van der Waals surface area (Å²) in [5.74, 6) is 0.562. The van der Waals surface area contributed by atoms with E-state index in [-0.39, 0.29) is 0 Å². The zero-order valence-electron chi connectivity index (χ0n) is 10.2. The van der Waals surface area contributed by atoms with Gasteiger partial charge in [-0.2, -0.15) is 0 Å². The molecule has 0 saturated heterocycles. The molecule has 2 aliphatic rings. The number of aromatic nitrogens is 1. The Hall–Kier alpha value is -1.15. The molecule has 0 bridgehead atoms. The van der Waals surface area contributed by atoms with Crippen molar-refractivity contribution in [1.29, 1.82) is 0 Å². The summed E-state index contributed by atoms with van der Waals surface area (Å²) >= 11 is 0. The quantitative estimate of drug-likeness (QED) is 0.619. The normalized spacial score (nSPS) is 23.2. The van der Waals surface area contributed by atoms with Crippen LogP contribution in [0.5, 0.6) is 0 Å². The minimum absolute atomic E-state index is 0.562. The summed E-state index contributed by atoms with van der Waals surface area (Å²) in [7, 11) is 0. The van der Waals surface area contributed by atoms with Gasteiger partial charge >= 0.3 is 0 Å². The number of allylic oxidation sites excluding steroid dienone is 1. The zero-order valence-corrected chi connectivity index (χ0v) is 10.2. The molecule has 2 heteroatoms. The van der Waals surface area contributed by atoms with E-state index in [0.29, 0.717) is 5.92 Å². The lowest BCUT2D eigenvalue weighted by Crippen LogP contribution is -2.16. The van der Waals surface area contributed by atoms with Gasteiger partial charge in [0.2, 0.25) is 0 Å². The second-order valence-electron chi connectivity index (χ2n) is 5.14. The molecule has 2 aliphatic carbocycles. The fourth-order valence-corrected chi connectivity index (χ4v) is 2.55. The molecule has 1 unspecified atom stereocenters. The van der Waals surface area contributed by atoms with Crippen LogP contribution < -0.4 is 5.32 Å². The third-order valence-corrected chi connectivity index (χ3v) is 3.69. The van der Waals surface area contributed by atoms with Crippen LogP contribution in [0.1, 0.15) is 42.9 Å². The lowest BCUT2D eigenvalue weighted by atomic mass is 10.1. The van der Waals surface area contributed by atoms with Crippen LogP contribution in [0.15, 0.2) is 30.5 Å². The second-order valence-corrected chi connectivity index (χ2v) is 5.14. The maximum Gasteiger partial charge on any atom is 0.0504 e. The van der Waals surface area contributed by atoms with Crippen LogP contribution in [-0.2, 0) is 6.42 Å². The van der Waals surface area contributed by atoms with Crippen LogP contribution >= 0.6 is 0 Å². The highest BCUT2D eigenvalue weighted by atomic mass is 14.9. The van der Waals surface area contributed by atoms with Crippen LogP contribution in [0.4, 0.5) is 0 Å². The lowest BCUT2D eigenvalue weighted by molar-refractivity contribution is 0.687. The van der Waals surface area contributed by atoms with E-state index in [1.807, 2.05) is 12.3 Å². The molecule has 0 amide bonds. The molecule has 1 atom stereocenters. The van der Waals surface area contributed by atoms with Crippen LogP contribution in [-0.4, -0.2) is 17.6 Å². The SMILES string of the molecule is C(=CC1CCc2cccnc21)CCNC1CC1. The summed E-state index contributed by atoms with van der Waals surface area (Å²) in [6, 6.07) is 5.09. The van der Waals surface area contributed by atoms with Crippen molar-refractivity contribution < 1.29 is 0 Å². The summed E-state index contributed by atoms with van der Waals surface area (Å²) in [5.41, 5.74) is 2.75. The predicted octanol–water partition coefficient (Wildman–Crippen LogP) is 2.81. The average Bonchev–Trinajstić information content (AvgIpc) is 3.09. The molecule has 1 aromatic rings. The van der Waals surface area contributed by atoms with Crippen molar-refractivity contribution in [3.05, 3.63) is 41.7 Å². The van der Waals surface area contributed by atoms with Crippen molar-refractivity contribution >= 4 is 0 Å². The standard InChI is InChI=1S/C15H20N2/c1(2-10-16-14-8-9-14)4-12-6-7-13-5-3-11-17-15(12)13/h1,3-5,11-12,14,16H,2,6-10H2. The maximum absolute atomic E-state index is 4.51. The fourth-order valence-electron chi connectivity index (χ4n) is 2.55. The van der Waals surface area contributed by atoms with Crippen LogP contribution in [0.3, 0.4) is 0 Å². The number of nitrogens with one attached hydrogen (secondary N) is 1. The highest BCUT2D eigenvalue weighted by molar-refractivity contribution is 5.31. The van der Waals surface area contributed by atoms with Gasteiger partial charge in [0.05, 0.1) is 5.69 Å². The van der Waals surface area contributed by atoms with Crippen LogP contribution in [0, 0.1) is 0 Å². The van der Waals surface area contributed by atoms with E-state index >= 15 is 0 Å². The first-order chi connectivity index (χ1) is 8.43.